The molecule has 4 nitrogen and oxygen atoms in total. The normalized spacial score (nSPS) is 14.5. The monoisotopic (exact) mass is 209 g/mol. The summed E-state index contributed by atoms with van der Waals surface area (Å²) in [7, 11) is 1.44. The molecule has 0 bridgehead atoms. The van der Waals surface area contributed by atoms with Crippen molar-refractivity contribution in [3.8, 4) is 0 Å². The highest BCUT2D eigenvalue weighted by atomic mass is 16.5. The third-order valence-corrected chi connectivity index (χ3v) is 2.19. The number of carboxylic acid groups (broad SMARTS) is 1. The van der Waals surface area contributed by atoms with Crippen LogP contribution < -0.4 is 5.73 Å². The Bertz CT molecular complexity index is 326. The zero-order valence-corrected chi connectivity index (χ0v) is 8.64. The maximum absolute atomic E-state index is 11.0. The lowest BCUT2D eigenvalue weighted by Gasteiger charge is -2.23. The summed E-state index contributed by atoms with van der Waals surface area (Å²) < 4.78 is 4.83. The zero-order chi connectivity index (χ0) is 11.3. The maximum atomic E-state index is 11.0. The molecule has 0 spiro atoms. The number of carboxylic acids is 1. The summed E-state index contributed by atoms with van der Waals surface area (Å²) >= 11 is 0. The van der Waals surface area contributed by atoms with Crippen molar-refractivity contribution in [2.75, 3.05) is 13.7 Å². The largest absolute Gasteiger partial charge is 0.480 e. The number of rotatable bonds is 5. The smallest absolute Gasteiger partial charge is 0.326 e. The van der Waals surface area contributed by atoms with Crippen LogP contribution in [0.2, 0.25) is 0 Å². The lowest BCUT2D eigenvalue weighted by Crippen LogP contribution is -2.53. The molecule has 0 aliphatic rings. The van der Waals surface area contributed by atoms with E-state index in [9.17, 15) is 4.79 Å². The van der Waals surface area contributed by atoms with Gasteiger partial charge in [-0.1, -0.05) is 30.3 Å². The molecule has 0 aliphatic carbocycles. The average molecular weight is 209 g/mol. The predicted molar refractivity (Wildman–Crippen MR) is 56.6 cm³/mol. The van der Waals surface area contributed by atoms with E-state index in [1.807, 2.05) is 30.3 Å². The highest BCUT2D eigenvalue weighted by Crippen LogP contribution is 2.11. The van der Waals surface area contributed by atoms with Crippen molar-refractivity contribution >= 4 is 5.97 Å². The van der Waals surface area contributed by atoms with Crippen molar-refractivity contribution in [2.24, 2.45) is 5.73 Å². The minimum Gasteiger partial charge on any atom is -0.480 e. The van der Waals surface area contributed by atoms with Gasteiger partial charge >= 0.3 is 5.97 Å². The predicted octanol–water partition coefficient (Wildman–Crippen LogP) is 0.658. The molecule has 1 aromatic carbocycles. The van der Waals surface area contributed by atoms with Crippen molar-refractivity contribution < 1.29 is 14.6 Å². The van der Waals surface area contributed by atoms with Crippen LogP contribution in [0.25, 0.3) is 0 Å². The fraction of sp³-hybridized carbons (Fsp3) is 0.364. The average Bonchev–Trinajstić information content (AvgIpc) is 2.19. The minimum atomic E-state index is -1.35. The van der Waals surface area contributed by atoms with E-state index >= 15 is 0 Å². The number of methoxy groups -OCH3 is 1. The van der Waals surface area contributed by atoms with Crippen LogP contribution in [0.5, 0.6) is 0 Å². The molecule has 1 atom stereocenters. The van der Waals surface area contributed by atoms with Gasteiger partial charge in [0.1, 0.15) is 5.54 Å². The number of ether oxygens (including phenoxy) is 1. The number of carbonyl (C=O) groups is 1. The molecule has 0 aromatic heterocycles. The minimum absolute atomic E-state index is 0.00275. The van der Waals surface area contributed by atoms with Gasteiger partial charge in [-0.15, -0.1) is 0 Å². The molecule has 1 rings (SSSR count). The molecule has 0 heterocycles. The molecule has 82 valence electrons. The molecule has 0 fully saturated rings. The lowest BCUT2D eigenvalue weighted by atomic mass is 9.93. The van der Waals surface area contributed by atoms with E-state index in [1.165, 1.54) is 7.11 Å². The third-order valence-electron chi connectivity index (χ3n) is 2.19. The molecule has 0 amide bonds. The van der Waals surface area contributed by atoms with Crippen LogP contribution in [0, 0.1) is 0 Å². The Labute approximate surface area is 88.7 Å². The van der Waals surface area contributed by atoms with Crippen molar-refractivity contribution in [3.05, 3.63) is 35.9 Å². The summed E-state index contributed by atoms with van der Waals surface area (Å²) in [5.41, 5.74) is 5.30. The van der Waals surface area contributed by atoms with Crippen LogP contribution in [0.3, 0.4) is 0 Å². The van der Waals surface area contributed by atoms with E-state index in [2.05, 4.69) is 0 Å². The Balaban J connectivity index is 2.80. The molecular formula is C11H15NO3. The zero-order valence-electron chi connectivity index (χ0n) is 8.64. The van der Waals surface area contributed by atoms with E-state index < -0.39 is 11.5 Å². The van der Waals surface area contributed by atoms with Gasteiger partial charge in [0.05, 0.1) is 6.61 Å². The Morgan fingerprint density at radius 1 is 1.47 bits per heavy atom. The molecular weight excluding hydrogens is 194 g/mol. The van der Waals surface area contributed by atoms with Gasteiger partial charge in [0.15, 0.2) is 0 Å². The van der Waals surface area contributed by atoms with Crippen LogP contribution in [0.1, 0.15) is 5.56 Å². The van der Waals surface area contributed by atoms with Gasteiger partial charge in [0.25, 0.3) is 0 Å². The second kappa shape index (κ2) is 4.91. The van der Waals surface area contributed by atoms with Crippen LogP contribution >= 0.6 is 0 Å². The summed E-state index contributed by atoms with van der Waals surface area (Å²) in [6.07, 6.45) is 0.261. The number of hydrogen-bond acceptors (Lipinski definition) is 3. The first-order valence-corrected chi connectivity index (χ1v) is 4.63. The van der Waals surface area contributed by atoms with Gasteiger partial charge in [-0.3, -0.25) is 4.79 Å². The summed E-state index contributed by atoms with van der Waals surface area (Å²) in [4.78, 5) is 11.0. The van der Waals surface area contributed by atoms with Gasteiger partial charge in [-0.05, 0) is 5.56 Å². The second-order valence-corrected chi connectivity index (χ2v) is 3.56. The highest BCUT2D eigenvalue weighted by molar-refractivity contribution is 5.79. The SMILES string of the molecule is COCC(N)(Cc1ccccc1)C(=O)O. The fourth-order valence-electron chi connectivity index (χ4n) is 1.41. The van der Waals surface area contributed by atoms with E-state index in [1.54, 1.807) is 0 Å². The second-order valence-electron chi connectivity index (χ2n) is 3.56. The molecule has 0 aliphatic heterocycles. The number of benzene rings is 1. The molecule has 0 saturated heterocycles. The van der Waals surface area contributed by atoms with Gasteiger partial charge in [0.2, 0.25) is 0 Å². The van der Waals surface area contributed by atoms with Crippen LogP contribution in [-0.2, 0) is 16.0 Å². The quantitative estimate of drug-likeness (QED) is 0.747. The van der Waals surface area contributed by atoms with Crippen molar-refractivity contribution in [3.63, 3.8) is 0 Å². The summed E-state index contributed by atoms with van der Waals surface area (Å²) in [5, 5.41) is 9.02. The Morgan fingerprint density at radius 3 is 2.53 bits per heavy atom. The Morgan fingerprint density at radius 2 is 2.07 bits per heavy atom. The van der Waals surface area contributed by atoms with Gasteiger partial charge in [0, 0.05) is 13.5 Å². The molecule has 0 saturated carbocycles. The maximum Gasteiger partial charge on any atom is 0.326 e. The highest BCUT2D eigenvalue weighted by Gasteiger charge is 2.34. The summed E-state index contributed by atoms with van der Waals surface area (Å²) in [5.74, 6) is -1.05. The molecule has 1 unspecified atom stereocenters. The van der Waals surface area contributed by atoms with Crippen molar-refractivity contribution in [2.45, 2.75) is 12.0 Å². The summed E-state index contributed by atoms with van der Waals surface area (Å²) in [6.45, 7) is -0.00275. The van der Waals surface area contributed by atoms with E-state index in [-0.39, 0.29) is 13.0 Å². The number of hydrogen-bond donors (Lipinski definition) is 2. The Kier molecular flexibility index (Phi) is 3.82. The van der Waals surface area contributed by atoms with Gasteiger partial charge in [-0.2, -0.15) is 0 Å². The molecule has 3 N–H and O–H groups in total. The third kappa shape index (κ3) is 3.04. The van der Waals surface area contributed by atoms with E-state index in [4.69, 9.17) is 15.6 Å². The molecule has 0 radical (unpaired) electrons. The molecule has 4 heteroatoms. The summed E-state index contributed by atoms with van der Waals surface area (Å²) in [6, 6.07) is 9.27. The standard InChI is InChI=1S/C11H15NO3/c1-15-8-11(12,10(13)14)7-9-5-3-2-4-6-9/h2-6H,7-8,12H2,1H3,(H,13,14). The van der Waals surface area contributed by atoms with Crippen LogP contribution in [-0.4, -0.2) is 30.3 Å². The van der Waals surface area contributed by atoms with Crippen molar-refractivity contribution in [1.29, 1.82) is 0 Å². The van der Waals surface area contributed by atoms with Crippen LogP contribution in [0.4, 0.5) is 0 Å². The molecule has 15 heavy (non-hydrogen) atoms. The first kappa shape index (κ1) is 11.7. The first-order chi connectivity index (χ1) is 7.08. The number of aliphatic carboxylic acids is 1. The van der Waals surface area contributed by atoms with Gasteiger partial charge in [-0.25, -0.2) is 0 Å². The van der Waals surface area contributed by atoms with Crippen molar-refractivity contribution in [1.82, 2.24) is 0 Å². The van der Waals surface area contributed by atoms with Gasteiger partial charge < -0.3 is 15.6 Å². The van der Waals surface area contributed by atoms with Crippen LogP contribution in [0.15, 0.2) is 30.3 Å². The fourth-order valence-corrected chi connectivity index (χ4v) is 1.41. The van der Waals surface area contributed by atoms with E-state index in [0.29, 0.717) is 0 Å². The van der Waals surface area contributed by atoms with E-state index in [0.717, 1.165) is 5.56 Å². The molecule has 1 aromatic rings. The first-order valence-electron chi connectivity index (χ1n) is 4.63. The lowest BCUT2D eigenvalue weighted by molar-refractivity contribution is -0.145. The Hall–Kier alpha value is -1.39. The topological polar surface area (TPSA) is 72.5 Å². The number of nitrogens with two attached hydrogens (primary N) is 1.